The Morgan fingerprint density at radius 2 is 1.76 bits per heavy atom. The van der Waals surface area contributed by atoms with E-state index < -0.39 is 0 Å². The minimum absolute atomic E-state index is 0.192. The molecule has 0 saturated carbocycles. The first-order chi connectivity index (χ1) is 12.3. The van der Waals surface area contributed by atoms with E-state index >= 15 is 0 Å². The maximum atomic E-state index is 9.84. The number of fused-ring (bicyclic) bond motifs is 5. The van der Waals surface area contributed by atoms with Gasteiger partial charge in [-0.25, -0.2) is 4.98 Å². The summed E-state index contributed by atoms with van der Waals surface area (Å²) in [6.07, 6.45) is 3.84. The van der Waals surface area contributed by atoms with Crippen molar-refractivity contribution in [1.82, 2.24) is 13.8 Å². The summed E-state index contributed by atoms with van der Waals surface area (Å²) < 4.78 is 3.89. The molecule has 5 heteroatoms. The van der Waals surface area contributed by atoms with Gasteiger partial charge in [0.15, 0.2) is 0 Å². The minimum Gasteiger partial charge on any atom is -0.508 e. The van der Waals surface area contributed by atoms with Crippen LogP contribution in [0.2, 0.25) is 0 Å². The molecule has 4 heterocycles. The quantitative estimate of drug-likeness (QED) is 0.507. The van der Waals surface area contributed by atoms with Gasteiger partial charge in [-0.1, -0.05) is 18.2 Å². The van der Waals surface area contributed by atoms with Crippen molar-refractivity contribution in [2.75, 3.05) is 0 Å². The number of benzene rings is 1. The Balaban J connectivity index is 2.03. The number of hydrogen-bond donors (Lipinski definition) is 1. The molecule has 5 nitrogen and oxygen atoms in total. The molecule has 0 spiro atoms. The van der Waals surface area contributed by atoms with Gasteiger partial charge < -0.3 is 9.51 Å². The van der Waals surface area contributed by atoms with E-state index in [1.54, 1.807) is 18.2 Å². The lowest BCUT2D eigenvalue weighted by Crippen LogP contribution is -1.97. The second-order valence-corrected chi connectivity index (χ2v) is 5.89. The fraction of sp³-hybridized carbons (Fsp3) is 0. The second kappa shape index (κ2) is 4.86. The first-order valence-corrected chi connectivity index (χ1v) is 7.87. The SMILES string of the molecule is N#Cc1c2c3cccn3c(-c3cccc(O)c3)nc2n2ccccc12. The highest BCUT2D eigenvalue weighted by Crippen LogP contribution is 2.32. The molecule has 1 N–H and O–H groups in total. The molecule has 5 rings (SSSR count). The molecule has 118 valence electrons. The van der Waals surface area contributed by atoms with Gasteiger partial charge in [0.25, 0.3) is 0 Å². The van der Waals surface area contributed by atoms with Crippen LogP contribution < -0.4 is 0 Å². The number of nitriles is 1. The number of phenols is 1. The summed E-state index contributed by atoms with van der Waals surface area (Å²) in [6, 6.07) is 19.0. The zero-order valence-corrected chi connectivity index (χ0v) is 13.1. The van der Waals surface area contributed by atoms with Gasteiger partial charge in [0.05, 0.1) is 22.0 Å². The zero-order valence-electron chi connectivity index (χ0n) is 13.1. The summed E-state index contributed by atoms with van der Waals surface area (Å²) in [5, 5.41) is 20.4. The van der Waals surface area contributed by atoms with Crippen molar-refractivity contribution in [3.8, 4) is 23.2 Å². The van der Waals surface area contributed by atoms with Gasteiger partial charge in [-0.3, -0.25) is 4.40 Å². The third-order valence-electron chi connectivity index (χ3n) is 4.48. The number of aromatic nitrogens is 3. The van der Waals surface area contributed by atoms with Crippen molar-refractivity contribution in [2.24, 2.45) is 0 Å². The van der Waals surface area contributed by atoms with E-state index in [-0.39, 0.29) is 5.75 Å². The standard InChI is InChI=1S/C20H12N4O/c21-12-15-16-7-1-2-9-23(16)20-18(15)17-8-4-10-24(17)19(22-20)13-5-3-6-14(25)11-13/h1-11,25H. The molecule has 0 fully saturated rings. The van der Waals surface area contributed by atoms with Crippen molar-refractivity contribution < 1.29 is 5.11 Å². The van der Waals surface area contributed by atoms with Crippen LogP contribution in [-0.4, -0.2) is 18.9 Å². The van der Waals surface area contributed by atoms with E-state index in [2.05, 4.69) is 6.07 Å². The number of aromatic hydroxyl groups is 1. The number of rotatable bonds is 1. The van der Waals surface area contributed by atoms with Crippen molar-refractivity contribution in [1.29, 1.82) is 5.26 Å². The van der Waals surface area contributed by atoms with E-state index in [9.17, 15) is 10.4 Å². The Kier molecular flexibility index (Phi) is 2.65. The minimum atomic E-state index is 0.192. The summed E-state index contributed by atoms with van der Waals surface area (Å²) in [4.78, 5) is 4.85. The smallest absolute Gasteiger partial charge is 0.150 e. The van der Waals surface area contributed by atoms with E-state index in [4.69, 9.17) is 4.98 Å². The fourth-order valence-electron chi connectivity index (χ4n) is 3.43. The second-order valence-electron chi connectivity index (χ2n) is 5.89. The third kappa shape index (κ3) is 1.79. The highest BCUT2D eigenvalue weighted by atomic mass is 16.3. The van der Waals surface area contributed by atoms with Gasteiger partial charge in [-0.05, 0) is 36.4 Å². The predicted molar refractivity (Wildman–Crippen MR) is 95.5 cm³/mol. The molecule has 0 saturated heterocycles. The Hall–Kier alpha value is -3.78. The van der Waals surface area contributed by atoms with Crippen LogP contribution in [-0.2, 0) is 0 Å². The fourth-order valence-corrected chi connectivity index (χ4v) is 3.43. The Morgan fingerprint density at radius 3 is 2.60 bits per heavy atom. The summed E-state index contributed by atoms with van der Waals surface area (Å²) in [5.74, 6) is 0.911. The molecule has 0 unspecified atom stereocenters. The van der Waals surface area contributed by atoms with Crippen LogP contribution in [0.25, 0.3) is 33.5 Å². The molecular weight excluding hydrogens is 312 g/mol. The maximum absolute atomic E-state index is 9.84. The average Bonchev–Trinajstić information content (AvgIpc) is 3.23. The lowest BCUT2D eigenvalue weighted by atomic mass is 10.1. The number of phenolic OH excluding ortho intramolecular Hbond substituents is 1. The Bertz CT molecular complexity index is 1320. The maximum Gasteiger partial charge on any atom is 0.150 e. The monoisotopic (exact) mass is 324 g/mol. The van der Waals surface area contributed by atoms with Gasteiger partial charge in [0.2, 0.25) is 0 Å². The Labute approximate surface area is 142 Å². The highest BCUT2D eigenvalue weighted by Gasteiger charge is 2.18. The average molecular weight is 324 g/mol. The van der Waals surface area contributed by atoms with Gasteiger partial charge in [0.1, 0.15) is 23.3 Å². The van der Waals surface area contributed by atoms with Gasteiger partial charge in [-0.15, -0.1) is 0 Å². The largest absolute Gasteiger partial charge is 0.508 e. The van der Waals surface area contributed by atoms with E-state index in [1.165, 1.54) is 0 Å². The molecule has 1 aromatic carbocycles. The first-order valence-electron chi connectivity index (χ1n) is 7.87. The third-order valence-corrected chi connectivity index (χ3v) is 4.48. The Morgan fingerprint density at radius 1 is 0.920 bits per heavy atom. The predicted octanol–water partition coefficient (Wildman–Crippen LogP) is 3.98. The molecule has 0 amide bonds. The normalized spacial score (nSPS) is 11.3. The van der Waals surface area contributed by atoms with Crippen LogP contribution in [0.3, 0.4) is 0 Å². The van der Waals surface area contributed by atoms with Crippen LogP contribution >= 0.6 is 0 Å². The van der Waals surface area contributed by atoms with Crippen LogP contribution in [0.4, 0.5) is 0 Å². The lowest BCUT2D eigenvalue weighted by molar-refractivity contribution is 0.475. The van der Waals surface area contributed by atoms with Crippen molar-refractivity contribution in [2.45, 2.75) is 0 Å². The number of pyridine rings is 1. The van der Waals surface area contributed by atoms with Crippen LogP contribution in [0, 0.1) is 11.3 Å². The highest BCUT2D eigenvalue weighted by molar-refractivity contribution is 6.04. The van der Waals surface area contributed by atoms with Gasteiger partial charge >= 0.3 is 0 Å². The van der Waals surface area contributed by atoms with Crippen LogP contribution in [0.5, 0.6) is 5.75 Å². The number of nitrogens with zero attached hydrogens (tertiary/aromatic N) is 4. The van der Waals surface area contributed by atoms with Gasteiger partial charge in [-0.2, -0.15) is 5.26 Å². The summed E-state index contributed by atoms with van der Waals surface area (Å²) in [7, 11) is 0. The van der Waals surface area contributed by atoms with Gasteiger partial charge in [0, 0.05) is 18.0 Å². The van der Waals surface area contributed by atoms with E-state index in [0.29, 0.717) is 5.56 Å². The molecule has 0 aliphatic carbocycles. The molecule has 0 bridgehead atoms. The molecule has 0 aliphatic rings. The molecule has 25 heavy (non-hydrogen) atoms. The first kappa shape index (κ1) is 13.6. The van der Waals surface area contributed by atoms with Crippen molar-refractivity contribution in [3.63, 3.8) is 0 Å². The molecular formula is C20H12N4O. The number of hydrogen-bond acceptors (Lipinski definition) is 3. The van der Waals surface area contributed by atoms with Crippen LogP contribution in [0.15, 0.2) is 67.0 Å². The zero-order chi connectivity index (χ0) is 17.0. The molecule has 4 aromatic heterocycles. The van der Waals surface area contributed by atoms with Crippen molar-refractivity contribution >= 4 is 22.1 Å². The molecule has 0 atom stereocenters. The molecule has 5 aromatic rings. The topological polar surface area (TPSA) is 65.7 Å². The summed E-state index contributed by atoms with van der Waals surface area (Å²) in [5.41, 5.74) is 3.92. The summed E-state index contributed by atoms with van der Waals surface area (Å²) >= 11 is 0. The molecule has 0 radical (unpaired) electrons. The van der Waals surface area contributed by atoms with Crippen LogP contribution in [0.1, 0.15) is 5.56 Å². The van der Waals surface area contributed by atoms with E-state index in [0.717, 1.165) is 33.5 Å². The summed E-state index contributed by atoms with van der Waals surface area (Å²) in [6.45, 7) is 0. The molecule has 0 aliphatic heterocycles. The van der Waals surface area contributed by atoms with E-state index in [1.807, 2.05) is 57.6 Å². The lowest BCUT2D eigenvalue weighted by Gasteiger charge is -2.08. The van der Waals surface area contributed by atoms with Crippen molar-refractivity contribution in [3.05, 3.63) is 72.6 Å².